The van der Waals surface area contributed by atoms with E-state index in [2.05, 4.69) is 35.0 Å². The van der Waals surface area contributed by atoms with Gasteiger partial charge >= 0.3 is 0 Å². The van der Waals surface area contributed by atoms with Gasteiger partial charge in [-0.3, -0.25) is 4.79 Å². The van der Waals surface area contributed by atoms with Gasteiger partial charge in [0.2, 0.25) is 0 Å². The Bertz CT molecular complexity index is 606. The van der Waals surface area contributed by atoms with Crippen LogP contribution < -0.4 is 16.0 Å². The van der Waals surface area contributed by atoms with Gasteiger partial charge in [-0.1, -0.05) is 13.8 Å². The van der Waals surface area contributed by atoms with Crippen molar-refractivity contribution < 1.29 is 4.79 Å². The molecule has 5 heteroatoms. The number of carbonyl (C=O) groups is 1. The summed E-state index contributed by atoms with van der Waals surface area (Å²) in [6, 6.07) is 1.85. The summed E-state index contributed by atoms with van der Waals surface area (Å²) in [5.74, 6) is 2.65. The summed E-state index contributed by atoms with van der Waals surface area (Å²) in [5.41, 5.74) is 9.08. The van der Waals surface area contributed by atoms with Crippen molar-refractivity contribution in [1.29, 1.82) is 0 Å². The number of nitrogens with two attached hydrogens (primary N) is 1. The van der Waals surface area contributed by atoms with Crippen LogP contribution in [-0.4, -0.2) is 30.5 Å². The van der Waals surface area contributed by atoms with E-state index >= 15 is 0 Å². The normalized spacial score (nSPS) is 14.7. The van der Waals surface area contributed by atoms with Crippen molar-refractivity contribution in [3.05, 3.63) is 23.0 Å². The lowest BCUT2D eigenvalue weighted by Crippen LogP contribution is -2.34. The van der Waals surface area contributed by atoms with Gasteiger partial charge in [0.15, 0.2) is 0 Å². The largest absolute Gasteiger partial charge is 0.371 e. The number of anilines is 1. The topological polar surface area (TPSA) is 71.2 Å². The van der Waals surface area contributed by atoms with E-state index in [0.717, 1.165) is 50.3 Å². The molecule has 1 atom stereocenters. The first-order valence-corrected chi connectivity index (χ1v) is 8.28. The molecule has 0 saturated carbocycles. The molecule has 1 aromatic heterocycles. The molecule has 0 radical (unpaired) electrons. The van der Waals surface area contributed by atoms with Gasteiger partial charge in [0.1, 0.15) is 5.69 Å². The molecule has 3 N–H and O–H groups in total. The SMILES string of the molecule is C#CC[C@H](C)CN(CCC)c1cc(C(N)=O)nc2c1CCNC2. The minimum Gasteiger partial charge on any atom is -0.371 e. The quantitative estimate of drug-likeness (QED) is 0.752. The van der Waals surface area contributed by atoms with Crippen LogP contribution in [0.2, 0.25) is 0 Å². The zero-order valence-electron chi connectivity index (χ0n) is 14.1. The van der Waals surface area contributed by atoms with Gasteiger partial charge in [-0.05, 0) is 36.9 Å². The monoisotopic (exact) mass is 314 g/mol. The predicted octanol–water partition coefficient (Wildman–Crippen LogP) is 1.70. The highest BCUT2D eigenvalue weighted by Gasteiger charge is 2.22. The lowest BCUT2D eigenvalue weighted by molar-refractivity contribution is 0.0995. The molecule has 23 heavy (non-hydrogen) atoms. The number of amides is 1. The summed E-state index contributed by atoms with van der Waals surface area (Å²) in [6.45, 7) is 7.73. The average Bonchev–Trinajstić information content (AvgIpc) is 2.53. The average molecular weight is 314 g/mol. The van der Waals surface area contributed by atoms with Crippen LogP contribution >= 0.6 is 0 Å². The van der Waals surface area contributed by atoms with E-state index in [1.165, 1.54) is 5.56 Å². The first kappa shape index (κ1) is 17.3. The zero-order valence-corrected chi connectivity index (χ0v) is 14.1. The summed E-state index contributed by atoms with van der Waals surface area (Å²) in [5, 5.41) is 3.31. The molecule has 0 aliphatic carbocycles. The van der Waals surface area contributed by atoms with Crippen LogP contribution in [0, 0.1) is 18.3 Å². The second-order valence-corrected chi connectivity index (χ2v) is 6.20. The third-order valence-corrected chi connectivity index (χ3v) is 4.12. The molecule has 2 rings (SSSR count). The number of rotatable bonds is 7. The van der Waals surface area contributed by atoms with E-state index in [1.54, 1.807) is 0 Å². The number of terminal acetylenes is 1. The summed E-state index contributed by atoms with van der Waals surface area (Å²) >= 11 is 0. The first-order valence-electron chi connectivity index (χ1n) is 8.28. The number of primary amides is 1. The Kier molecular flexibility index (Phi) is 6.00. The third-order valence-electron chi connectivity index (χ3n) is 4.12. The maximum atomic E-state index is 11.6. The molecule has 1 aliphatic rings. The standard InChI is InChI=1S/C18H26N4O/c1-4-6-13(3)12-22(9-5-2)17-10-15(18(19)23)21-16-11-20-8-7-14(16)17/h1,10,13,20H,5-9,11-12H2,2-3H3,(H2,19,23)/t13-/m0/s1. The molecule has 0 fully saturated rings. The fourth-order valence-electron chi connectivity index (χ4n) is 3.08. The van der Waals surface area contributed by atoms with E-state index in [0.29, 0.717) is 18.2 Å². The molecule has 0 saturated heterocycles. The second-order valence-electron chi connectivity index (χ2n) is 6.20. The van der Waals surface area contributed by atoms with Gasteiger partial charge in [0.05, 0.1) is 5.69 Å². The molecule has 124 valence electrons. The van der Waals surface area contributed by atoms with Gasteiger partial charge in [-0.25, -0.2) is 4.98 Å². The Morgan fingerprint density at radius 3 is 3.04 bits per heavy atom. The van der Waals surface area contributed by atoms with E-state index in [9.17, 15) is 4.79 Å². The number of nitrogens with zero attached hydrogens (tertiary/aromatic N) is 2. The number of carbonyl (C=O) groups excluding carboxylic acids is 1. The molecule has 0 unspecified atom stereocenters. The number of pyridine rings is 1. The van der Waals surface area contributed by atoms with Crippen molar-refractivity contribution in [3.8, 4) is 12.3 Å². The molecule has 0 spiro atoms. The van der Waals surface area contributed by atoms with Crippen molar-refractivity contribution >= 4 is 11.6 Å². The predicted molar refractivity (Wildman–Crippen MR) is 93.3 cm³/mol. The number of fused-ring (bicyclic) bond motifs is 1. The number of nitrogens with one attached hydrogen (secondary N) is 1. The van der Waals surface area contributed by atoms with Gasteiger partial charge in [-0.15, -0.1) is 12.3 Å². The summed E-state index contributed by atoms with van der Waals surface area (Å²) in [6.07, 6.45) is 8.14. The second kappa shape index (κ2) is 7.98. The minimum atomic E-state index is -0.479. The van der Waals surface area contributed by atoms with Crippen LogP contribution in [0.25, 0.3) is 0 Å². The van der Waals surface area contributed by atoms with E-state index in [1.807, 2.05) is 6.07 Å². The highest BCUT2D eigenvalue weighted by atomic mass is 16.1. The molecular weight excluding hydrogens is 288 g/mol. The van der Waals surface area contributed by atoms with E-state index < -0.39 is 5.91 Å². The maximum absolute atomic E-state index is 11.6. The fourth-order valence-corrected chi connectivity index (χ4v) is 3.08. The minimum absolute atomic E-state index is 0.341. The van der Waals surface area contributed by atoms with Gasteiger partial charge in [0.25, 0.3) is 5.91 Å². The maximum Gasteiger partial charge on any atom is 0.267 e. The molecule has 2 heterocycles. The highest BCUT2D eigenvalue weighted by molar-refractivity contribution is 5.92. The van der Waals surface area contributed by atoms with Crippen molar-refractivity contribution in [2.45, 2.75) is 39.7 Å². The lowest BCUT2D eigenvalue weighted by Gasteiger charge is -2.31. The van der Waals surface area contributed by atoms with E-state index in [4.69, 9.17) is 12.2 Å². The molecule has 0 aromatic carbocycles. The Labute approximate surface area is 138 Å². The van der Waals surface area contributed by atoms with Crippen molar-refractivity contribution in [1.82, 2.24) is 10.3 Å². The van der Waals surface area contributed by atoms with Crippen LogP contribution in [0.3, 0.4) is 0 Å². The van der Waals surface area contributed by atoms with Crippen molar-refractivity contribution in [2.75, 3.05) is 24.5 Å². The smallest absolute Gasteiger partial charge is 0.267 e. The molecule has 0 bridgehead atoms. The molecule has 1 aromatic rings. The molecule has 1 aliphatic heterocycles. The fraction of sp³-hybridized carbons (Fsp3) is 0.556. The summed E-state index contributed by atoms with van der Waals surface area (Å²) in [7, 11) is 0. The van der Waals surface area contributed by atoms with Crippen LogP contribution in [0.5, 0.6) is 0 Å². The Morgan fingerprint density at radius 1 is 1.61 bits per heavy atom. The Morgan fingerprint density at radius 2 is 2.39 bits per heavy atom. The van der Waals surface area contributed by atoms with Gasteiger partial charge in [0, 0.05) is 31.7 Å². The molecule has 1 amide bonds. The van der Waals surface area contributed by atoms with Crippen molar-refractivity contribution in [2.24, 2.45) is 11.7 Å². The van der Waals surface area contributed by atoms with Gasteiger partial charge < -0.3 is 16.0 Å². The van der Waals surface area contributed by atoms with Crippen LogP contribution in [0.1, 0.15) is 48.4 Å². The summed E-state index contributed by atoms with van der Waals surface area (Å²) in [4.78, 5) is 18.4. The molecular formula is C18H26N4O. The van der Waals surface area contributed by atoms with Crippen LogP contribution in [0.15, 0.2) is 6.07 Å². The third kappa shape index (κ3) is 4.23. The van der Waals surface area contributed by atoms with E-state index in [-0.39, 0.29) is 0 Å². The van der Waals surface area contributed by atoms with Crippen LogP contribution in [0.4, 0.5) is 5.69 Å². The number of hydrogen-bond acceptors (Lipinski definition) is 4. The number of aromatic nitrogens is 1. The lowest BCUT2D eigenvalue weighted by atomic mass is 10.0. The Balaban J connectivity index is 2.41. The Hall–Kier alpha value is -2.06. The highest BCUT2D eigenvalue weighted by Crippen LogP contribution is 2.28. The number of hydrogen-bond donors (Lipinski definition) is 2. The van der Waals surface area contributed by atoms with Crippen molar-refractivity contribution in [3.63, 3.8) is 0 Å². The van der Waals surface area contributed by atoms with Crippen LogP contribution in [-0.2, 0) is 13.0 Å². The zero-order chi connectivity index (χ0) is 16.8. The summed E-state index contributed by atoms with van der Waals surface area (Å²) < 4.78 is 0. The molecule has 5 nitrogen and oxygen atoms in total. The van der Waals surface area contributed by atoms with Gasteiger partial charge in [-0.2, -0.15) is 0 Å². The first-order chi connectivity index (χ1) is 11.1.